The topological polar surface area (TPSA) is 42.0 Å². The molecule has 3 aromatic carbocycles. The van der Waals surface area contributed by atoms with Crippen LogP contribution < -0.4 is 9.64 Å². The minimum Gasteiger partial charge on any atom is -0.496 e. The van der Waals surface area contributed by atoms with Crippen molar-refractivity contribution in [2.45, 2.75) is 50.3 Å². The van der Waals surface area contributed by atoms with Crippen molar-refractivity contribution in [3.63, 3.8) is 0 Å². The van der Waals surface area contributed by atoms with Crippen LogP contribution in [-0.2, 0) is 17.1 Å². The number of halogens is 7. The van der Waals surface area contributed by atoms with Gasteiger partial charge in [-0.3, -0.25) is 4.90 Å². The molecule has 0 bridgehead atoms. The highest BCUT2D eigenvalue weighted by Gasteiger charge is 2.49. The minimum absolute atomic E-state index is 0.0336. The van der Waals surface area contributed by atoms with Crippen LogP contribution in [0, 0.1) is 5.82 Å². The first-order valence-corrected chi connectivity index (χ1v) is 13.7. The molecule has 5 rings (SSSR count). The Bertz CT molecular complexity index is 1600. The van der Waals surface area contributed by atoms with Crippen molar-refractivity contribution in [2.75, 3.05) is 26.1 Å². The normalized spacial score (nSPS) is 19.9. The van der Waals surface area contributed by atoms with Gasteiger partial charge in [-0.15, -0.1) is 0 Å². The van der Waals surface area contributed by atoms with Gasteiger partial charge in [0.25, 0.3) is 0 Å². The van der Waals surface area contributed by atoms with Crippen molar-refractivity contribution in [1.29, 1.82) is 0 Å². The van der Waals surface area contributed by atoms with Gasteiger partial charge in [-0.25, -0.2) is 9.18 Å². The number of hydrogen-bond acceptors (Lipinski definition) is 4. The van der Waals surface area contributed by atoms with Crippen LogP contribution in [0.4, 0.5) is 41.2 Å². The number of fused-ring (bicyclic) bond motifs is 1. The Morgan fingerprint density at radius 3 is 2.07 bits per heavy atom. The molecule has 1 saturated heterocycles. The molecule has 2 heterocycles. The fraction of sp³-hybridized carbons (Fsp3) is 0.344. The first-order chi connectivity index (χ1) is 20.5. The minimum atomic E-state index is -5.06. The summed E-state index contributed by atoms with van der Waals surface area (Å²) in [6.07, 6.45) is -9.25. The molecule has 0 saturated carbocycles. The van der Waals surface area contributed by atoms with Gasteiger partial charge in [0.2, 0.25) is 0 Å². The molecule has 1 fully saturated rings. The van der Waals surface area contributed by atoms with Gasteiger partial charge in [0.05, 0.1) is 30.3 Å². The molecule has 3 atom stereocenters. The monoisotopic (exact) mass is 622 g/mol. The highest BCUT2D eigenvalue weighted by molar-refractivity contribution is 5.80. The number of amides is 1. The van der Waals surface area contributed by atoms with Crippen LogP contribution in [0.25, 0.3) is 11.1 Å². The molecule has 3 aromatic rings. The second kappa shape index (κ2) is 11.0. The maximum absolute atomic E-state index is 14.9. The fourth-order valence-corrected chi connectivity index (χ4v) is 5.69. The number of ether oxygens (including phenoxy) is 2. The van der Waals surface area contributed by atoms with Crippen molar-refractivity contribution < 1.29 is 45.0 Å². The molecule has 0 radical (unpaired) electrons. The van der Waals surface area contributed by atoms with Gasteiger partial charge in [0.1, 0.15) is 11.6 Å². The molecule has 0 spiro atoms. The Labute approximate surface area is 249 Å². The molecule has 0 unspecified atom stereocenters. The third-order valence-corrected chi connectivity index (χ3v) is 7.90. The maximum Gasteiger partial charge on any atom is 0.416 e. The Balaban J connectivity index is 1.62. The van der Waals surface area contributed by atoms with E-state index in [1.165, 1.54) is 18.1 Å². The molecule has 0 aliphatic carbocycles. The number of carbonyl (C=O) groups excluding carboxylic acids is 1. The lowest BCUT2D eigenvalue weighted by molar-refractivity contribution is -0.143. The Hall–Kier alpha value is -4.22. The van der Waals surface area contributed by atoms with E-state index in [0.29, 0.717) is 34.4 Å². The van der Waals surface area contributed by atoms with Crippen molar-refractivity contribution in [1.82, 2.24) is 4.90 Å². The third-order valence-electron chi connectivity index (χ3n) is 7.90. The van der Waals surface area contributed by atoms with Gasteiger partial charge in [0, 0.05) is 31.4 Å². The molecular formula is C32H29F7N2O3. The average molecular weight is 623 g/mol. The van der Waals surface area contributed by atoms with E-state index in [0.717, 1.165) is 5.69 Å². The highest BCUT2D eigenvalue weighted by atomic mass is 19.4. The van der Waals surface area contributed by atoms with Gasteiger partial charge in [-0.1, -0.05) is 32.1 Å². The lowest BCUT2D eigenvalue weighted by Crippen LogP contribution is -2.32. The summed E-state index contributed by atoms with van der Waals surface area (Å²) in [5.74, 6) is -0.365. The molecule has 1 amide bonds. The fourth-order valence-electron chi connectivity index (χ4n) is 5.69. The summed E-state index contributed by atoms with van der Waals surface area (Å²) < 4.78 is 107. The summed E-state index contributed by atoms with van der Waals surface area (Å²) in [6.45, 7) is 3.68. The number of nitrogens with zero attached hydrogens (tertiary/aromatic N) is 2. The second-order valence-electron chi connectivity index (χ2n) is 11.3. The summed E-state index contributed by atoms with van der Waals surface area (Å²) in [4.78, 5) is 16.4. The van der Waals surface area contributed by atoms with E-state index in [2.05, 4.69) is 0 Å². The zero-order chi connectivity index (χ0) is 32.3. The average Bonchev–Trinajstić information content (AvgIpc) is 3.52. The molecule has 12 heteroatoms. The summed E-state index contributed by atoms with van der Waals surface area (Å²) >= 11 is 0. The number of cyclic esters (lactones) is 1. The van der Waals surface area contributed by atoms with Crippen LogP contribution in [0.15, 0.2) is 60.7 Å². The summed E-state index contributed by atoms with van der Waals surface area (Å²) in [6, 6.07) is 7.80. The standard InChI is InChI=1S/C32H29F7N2O3/c1-16(2)22-14-24(28(43-5)15-25(22)33)21-7-6-20(40(3)4)13-23(21)26-8-9-27-29(44-30(42)41(26)27)17-10-18(31(34,35)36)12-19(11-17)32(37,38)39/h6-16,26-27,29H,1-5H3/t26-,27-,29+/m0/s1. The van der Waals surface area contributed by atoms with Crippen molar-refractivity contribution in [3.05, 3.63) is 94.3 Å². The molecule has 5 nitrogen and oxygen atoms in total. The number of alkyl halides is 6. The van der Waals surface area contributed by atoms with Crippen LogP contribution in [0.2, 0.25) is 0 Å². The molecule has 0 N–H and O–H groups in total. The van der Waals surface area contributed by atoms with Crippen LogP contribution >= 0.6 is 0 Å². The van der Waals surface area contributed by atoms with Gasteiger partial charge in [-0.2, -0.15) is 26.3 Å². The number of anilines is 1. The predicted octanol–water partition coefficient (Wildman–Crippen LogP) is 8.90. The molecule has 234 valence electrons. The predicted molar refractivity (Wildman–Crippen MR) is 150 cm³/mol. The SMILES string of the molecule is COc1cc(F)c(C(C)C)cc1-c1ccc(N(C)C)cc1[C@@H]1C=C[C@H]2[C@@H](c3cc(C(F)(F)F)cc(C(F)(F)F)c3)OC(=O)N12. The Morgan fingerprint density at radius 2 is 1.52 bits per heavy atom. The first kappa shape index (κ1) is 31.2. The first-order valence-electron chi connectivity index (χ1n) is 13.7. The maximum atomic E-state index is 14.9. The van der Waals surface area contributed by atoms with Crippen LogP contribution in [0.3, 0.4) is 0 Å². The zero-order valence-electron chi connectivity index (χ0n) is 24.3. The molecular weight excluding hydrogens is 593 g/mol. The molecule has 0 aromatic heterocycles. The van der Waals surface area contributed by atoms with E-state index in [9.17, 15) is 35.5 Å². The van der Waals surface area contributed by atoms with Gasteiger partial charge >= 0.3 is 18.4 Å². The van der Waals surface area contributed by atoms with Crippen molar-refractivity contribution in [3.8, 4) is 16.9 Å². The van der Waals surface area contributed by atoms with E-state index in [1.807, 2.05) is 45.0 Å². The van der Waals surface area contributed by atoms with Crippen LogP contribution in [0.5, 0.6) is 5.75 Å². The lowest BCUT2D eigenvalue weighted by atomic mass is 9.90. The number of rotatable bonds is 6. The highest BCUT2D eigenvalue weighted by Crippen LogP contribution is 2.49. The van der Waals surface area contributed by atoms with Crippen molar-refractivity contribution in [2.24, 2.45) is 0 Å². The van der Waals surface area contributed by atoms with E-state index in [1.54, 1.807) is 24.3 Å². The third kappa shape index (κ3) is 5.57. The Kier molecular flexibility index (Phi) is 7.84. The smallest absolute Gasteiger partial charge is 0.416 e. The number of benzene rings is 3. The number of methoxy groups -OCH3 is 1. The second-order valence-corrected chi connectivity index (χ2v) is 11.3. The van der Waals surface area contributed by atoms with Gasteiger partial charge in [-0.05, 0) is 64.6 Å². The Morgan fingerprint density at radius 1 is 0.886 bits per heavy atom. The summed E-state index contributed by atoms with van der Waals surface area (Å²) in [5, 5.41) is 0. The number of hydrogen-bond donors (Lipinski definition) is 0. The molecule has 2 aliphatic rings. The number of carbonyl (C=O) groups is 1. The van der Waals surface area contributed by atoms with Crippen LogP contribution in [0.1, 0.15) is 59.7 Å². The van der Waals surface area contributed by atoms with Crippen LogP contribution in [-0.4, -0.2) is 38.2 Å². The van der Waals surface area contributed by atoms with Gasteiger partial charge in [0.15, 0.2) is 6.10 Å². The van der Waals surface area contributed by atoms with E-state index in [4.69, 9.17) is 9.47 Å². The van der Waals surface area contributed by atoms with Crippen molar-refractivity contribution >= 4 is 11.8 Å². The van der Waals surface area contributed by atoms with E-state index < -0.39 is 59.1 Å². The molecule has 2 aliphatic heterocycles. The zero-order valence-corrected chi connectivity index (χ0v) is 24.3. The lowest BCUT2D eigenvalue weighted by Gasteiger charge is -2.27. The summed E-state index contributed by atoms with van der Waals surface area (Å²) in [7, 11) is 5.03. The van der Waals surface area contributed by atoms with E-state index in [-0.39, 0.29) is 17.7 Å². The van der Waals surface area contributed by atoms with Gasteiger partial charge < -0.3 is 14.4 Å². The molecule has 44 heavy (non-hydrogen) atoms. The quantitative estimate of drug-likeness (QED) is 0.203. The van der Waals surface area contributed by atoms with E-state index >= 15 is 0 Å². The summed E-state index contributed by atoms with van der Waals surface area (Å²) in [5.41, 5.74) is -0.515. The largest absolute Gasteiger partial charge is 0.496 e.